The molecule has 0 unspecified atom stereocenters. The van der Waals surface area contributed by atoms with Gasteiger partial charge in [0.2, 0.25) is 0 Å². The van der Waals surface area contributed by atoms with Gasteiger partial charge in [-0.1, -0.05) is 32.0 Å². The fraction of sp³-hybridized carbons (Fsp3) is 0.533. The summed E-state index contributed by atoms with van der Waals surface area (Å²) in [5.74, 6) is 0.699. The van der Waals surface area contributed by atoms with Gasteiger partial charge in [0.05, 0.1) is 20.6 Å². The van der Waals surface area contributed by atoms with Crippen LogP contribution < -0.4 is 10.1 Å². The van der Waals surface area contributed by atoms with Gasteiger partial charge in [0.25, 0.3) is 0 Å². The van der Waals surface area contributed by atoms with Gasteiger partial charge in [0.15, 0.2) is 0 Å². The molecule has 19 heavy (non-hydrogen) atoms. The fourth-order valence-corrected chi connectivity index (χ4v) is 1.99. The average Bonchev–Trinajstić information content (AvgIpc) is 2.43. The van der Waals surface area contributed by atoms with Crippen LogP contribution >= 0.6 is 0 Å². The van der Waals surface area contributed by atoms with E-state index in [0.29, 0.717) is 13.0 Å². The maximum Gasteiger partial charge on any atom is 0.306 e. The van der Waals surface area contributed by atoms with Crippen molar-refractivity contribution in [2.24, 2.45) is 0 Å². The van der Waals surface area contributed by atoms with Crippen molar-refractivity contribution >= 4 is 5.97 Å². The minimum Gasteiger partial charge on any atom is -0.496 e. The van der Waals surface area contributed by atoms with Crippen LogP contribution in [0, 0.1) is 0 Å². The third-order valence-electron chi connectivity index (χ3n) is 3.14. The van der Waals surface area contributed by atoms with Crippen molar-refractivity contribution in [2.75, 3.05) is 27.3 Å². The lowest BCUT2D eigenvalue weighted by molar-refractivity contribution is -0.140. The molecule has 1 rings (SSSR count). The zero-order valence-corrected chi connectivity index (χ0v) is 12.2. The van der Waals surface area contributed by atoms with Gasteiger partial charge < -0.3 is 14.8 Å². The molecule has 0 atom stereocenters. The van der Waals surface area contributed by atoms with E-state index in [0.717, 1.165) is 17.9 Å². The summed E-state index contributed by atoms with van der Waals surface area (Å²) in [5, 5.41) is 3.28. The topological polar surface area (TPSA) is 47.6 Å². The highest BCUT2D eigenvalue weighted by Crippen LogP contribution is 2.30. The SMILES string of the molecule is COC(=O)CCNCC(C)(C)c1ccccc1OC. The van der Waals surface area contributed by atoms with Crippen molar-refractivity contribution in [3.63, 3.8) is 0 Å². The van der Waals surface area contributed by atoms with Crippen LogP contribution in [0.1, 0.15) is 25.8 Å². The number of carbonyl (C=O) groups excluding carboxylic acids is 1. The Morgan fingerprint density at radius 3 is 2.58 bits per heavy atom. The van der Waals surface area contributed by atoms with Crippen LogP contribution in [0.3, 0.4) is 0 Å². The number of nitrogens with one attached hydrogen (secondary N) is 1. The van der Waals surface area contributed by atoms with Crippen LogP contribution in [0.4, 0.5) is 0 Å². The van der Waals surface area contributed by atoms with Crippen molar-refractivity contribution in [2.45, 2.75) is 25.7 Å². The molecule has 1 N–H and O–H groups in total. The minimum atomic E-state index is -0.192. The van der Waals surface area contributed by atoms with Crippen LogP contribution in [-0.4, -0.2) is 33.3 Å². The first-order valence-corrected chi connectivity index (χ1v) is 6.42. The molecule has 0 saturated heterocycles. The molecule has 1 aromatic carbocycles. The normalized spacial score (nSPS) is 11.2. The molecule has 0 aromatic heterocycles. The highest BCUT2D eigenvalue weighted by molar-refractivity contribution is 5.69. The second kappa shape index (κ2) is 7.14. The Morgan fingerprint density at radius 1 is 1.26 bits per heavy atom. The van der Waals surface area contributed by atoms with Crippen LogP contribution in [0.5, 0.6) is 5.75 Å². The number of hydrogen-bond acceptors (Lipinski definition) is 4. The minimum absolute atomic E-state index is 0.0667. The highest BCUT2D eigenvalue weighted by atomic mass is 16.5. The summed E-state index contributed by atoms with van der Waals surface area (Å²) in [7, 11) is 3.08. The lowest BCUT2D eigenvalue weighted by Crippen LogP contribution is -2.34. The van der Waals surface area contributed by atoms with Crippen LogP contribution in [-0.2, 0) is 14.9 Å². The molecule has 106 valence electrons. The molecule has 0 bridgehead atoms. The Balaban J connectivity index is 2.57. The van der Waals surface area contributed by atoms with Crippen molar-refractivity contribution < 1.29 is 14.3 Å². The first kappa shape index (κ1) is 15.5. The summed E-state index contributed by atoms with van der Waals surface area (Å²) in [6.45, 7) is 5.68. The quantitative estimate of drug-likeness (QED) is 0.606. The van der Waals surface area contributed by atoms with Gasteiger partial charge in [-0.15, -0.1) is 0 Å². The van der Waals surface area contributed by atoms with Gasteiger partial charge in [0.1, 0.15) is 5.75 Å². The summed E-state index contributed by atoms with van der Waals surface area (Å²) in [6, 6.07) is 8.00. The molecular formula is C15H23NO3. The summed E-state index contributed by atoms with van der Waals surface area (Å²) >= 11 is 0. The zero-order chi connectivity index (χ0) is 14.3. The second-order valence-corrected chi connectivity index (χ2v) is 5.09. The maximum atomic E-state index is 11.0. The number of para-hydroxylation sites is 1. The number of rotatable bonds is 7. The highest BCUT2D eigenvalue weighted by Gasteiger charge is 2.23. The standard InChI is InChI=1S/C15H23NO3/c1-15(2,11-16-10-9-14(17)19-4)12-7-5-6-8-13(12)18-3/h5-8,16H,9-11H2,1-4H3. The lowest BCUT2D eigenvalue weighted by Gasteiger charge is -2.27. The van der Waals surface area contributed by atoms with E-state index >= 15 is 0 Å². The molecule has 0 saturated carbocycles. The van der Waals surface area contributed by atoms with Crippen molar-refractivity contribution in [3.8, 4) is 5.75 Å². The molecule has 0 amide bonds. The summed E-state index contributed by atoms with van der Waals surface area (Å²) in [5.41, 5.74) is 1.09. The average molecular weight is 265 g/mol. The van der Waals surface area contributed by atoms with Gasteiger partial charge in [0, 0.05) is 24.1 Å². The van der Waals surface area contributed by atoms with E-state index in [1.165, 1.54) is 7.11 Å². The van der Waals surface area contributed by atoms with E-state index in [4.69, 9.17) is 4.74 Å². The van der Waals surface area contributed by atoms with Gasteiger partial charge in [-0.2, -0.15) is 0 Å². The van der Waals surface area contributed by atoms with Gasteiger partial charge >= 0.3 is 5.97 Å². The Labute approximate surface area is 115 Å². The zero-order valence-electron chi connectivity index (χ0n) is 12.2. The van der Waals surface area contributed by atoms with E-state index in [1.54, 1.807) is 7.11 Å². The first-order chi connectivity index (χ1) is 9.01. The Morgan fingerprint density at radius 2 is 1.95 bits per heavy atom. The Hall–Kier alpha value is -1.55. The molecule has 1 aromatic rings. The Bertz CT molecular complexity index is 416. The number of benzene rings is 1. The number of methoxy groups -OCH3 is 2. The third kappa shape index (κ3) is 4.56. The van der Waals surface area contributed by atoms with E-state index in [9.17, 15) is 4.79 Å². The van der Waals surface area contributed by atoms with Gasteiger partial charge in [-0.05, 0) is 6.07 Å². The van der Waals surface area contributed by atoms with Crippen LogP contribution in [0.2, 0.25) is 0 Å². The number of hydrogen-bond donors (Lipinski definition) is 1. The predicted octanol–water partition coefficient (Wildman–Crippen LogP) is 2.13. The Kier molecular flexibility index (Phi) is 5.83. The largest absolute Gasteiger partial charge is 0.496 e. The molecular weight excluding hydrogens is 242 g/mol. The van der Waals surface area contributed by atoms with Crippen LogP contribution in [0.15, 0.2) is 24.3 Å². The summed E-state index contributed by atoms with van der Waals surface area (Å²) in [6.07, 6.45) is 0.387. The molecule has 0 aliphatic carbocycles. The van der Waals surface area contributed by atoms with Crippen molar-refractivity contribution in [1.82, 2.24) is 5.32 Å². The molecule has 0 heterocycles. The van der Waals surface area contributed by atoms with Gasteiger partial charge in [-0.3, -0.25) is 4.79 Å². The number of ether oxygens (including phenoxy) is 2. The number of carbonyl (C=O) groups is 1. The smallest absolute Gasteiger partial charge is 0.306 e. The van der Waals surface area contributed by atoms with E-state index in [2.05, 4.69) is 30.0 Å². The van der Waals surface area contributed by atoms with E-state index in [-0.39, 0.29) is 11.4 Å². The third-order valence-corrected chi connectivity index (χ3v) is 3.14. The maximum absolute atomic E-state index is 11.0. The number of esters is 1. The fourth-order valence-electron chi connectivity index (χ4n) is 1.99. The molecule has 0 radical (unpaired) electrons. The first-order valence-electron chi connectivity index (χ1n) is 6.42. The predicted molar refractivity (Wildman–Crippen MR) is 75.5 cm³/mol. The van der Waals surface area contributed by atoms with Crippen LogP contribution in [0.25, 0.3) is 0 Å². The summed E-state index contributed by atoms with van der Waals surface area (Å²) < 4.78 is 10.00. The molecule has 0 spiro atoms. The van der Waals surface area contributed by atoms with E-state index in [1.807, 2.05) is 18.2 Å². The lowest BCUT2D eigenvalue weighted by atomic mass is 9.84. The summed E-state index contributed by atoms with van der Waals surface area (Å²) in [4.78, 5) is 11.0. The monoisotopic (exact) mass is 265 g/mol. The van der Waals surface area contributed by atoms with Crippen molar-refractivity contribution in [3.05, 3.63) is 29.8 Å². The molecule has 0 aliphatic heterocycles. The molecule has 4 nitrogen and oxygen atoms in total. The molecule has 0 aliphatic rings. The molecule has 0 fully saturated rings. The molecule has 4 heteroatoms. The van der Waals surface area contributed by atoms with Crippen molar-refractivity contribution in [1.29, 1.82) is 0 Å². The van der Waals surface area contributed by atoms with Gasteiger partial charge in [-0.25, -0.2) is 0 Å². The second-order valence-electron chi connectivity index (χ2n) is 5.09. The van der Waals surface area contributed by atoms with E-state index < -0.39 is 0 Å².